The zero-order valence-electron chi connectivity index (χ0n) is 7.68. The van der Waals surface area contributed by atoms with Crippen LogP contribution in [-0.2, 0) is 6.42 Å². The highest BCUT2D eigenvalue weighted by molar-refractivity contribution is 9.10. The molecule has 0 amide bonds. The number of H-pyrrole nitrogens is 1. The normalized spacial score (nSPS) is 11.0. The van der Waals surface area contributed by atoms with Crippen LogP contribution < -0.4 is 11.5 Å². The van der Waals surface area contributed by atoms with E-state index in [9.17, 15) is 0 Å². The van der Waals surface area contributed by atoms with Crippen molar-refractivity contribution in [3.05, 3.63) is 28.4 Å². The van der Waals surface area contributed by atoms with Gasteiger partial charge in [0.2, 0.25) is 0 Å². The number of halogens is 1. The lowest BCUT2D eigenvalue weighted by atomic mass is 10.2. The minimum atomic E-state index is 0.630. The number of aromatic amines is 1. The van der Waals surface area contributed by atoms with Gasteiger partial charge in [0.25, 0.3) is 0 Å². The molecule has 0 aliphatic carbocycles. The number of nitrogens with two attached hydrogens (primary N) is 2. The molecule has 0 unspecified atom stereocenters. The Morgan fingerprint density at radius 2 is 2.14 bits per heavy atom. The summed E-state index contributed by atoms with van der Waals surface area (Å²) in [6.45, 7) is 0.630. The van der Waals surface area contributed by atoms with Gasteiger partial charge in [0, 0.05) is 22.0 Å². The van der Waals surface area contributed by atoms with Crippen molar-refractivity contribution in [2.24, 2.45) is 5.73 Å². The highest BCUT2D eigenvalue weighted by atomic mass is 79.9. The molecule has 14 heavy (non-hydrogen) atoms. The van der Waals surface area contributed by atoms with Gasteiger partial charge in [-0.1, -0.05) is 12.1 Å². The number of benzene rings is 1. The van der Waals surface area contributed by atoms with E-state index in [2.05, 4.69) is 20.9 Å². The molecule has 2 rings (SSSR count). The largest absolute Gasteiger partial charge is 0.397 e. The predicted octanol–water partition coefficient (Wildman–Crippen LogP) is 2.01. The molecular weight excluding hydrogens is 242 g/mol. The van der Waals surface area contributed by atoms with E-state index in [4.69, 9.17) is 11.5 Å². The monoisotopic (exact) mass is 253 g/mol. The zero-order valence-corrected chi connectivity index (χ0v) is 9.26. The van der Waals surface area contributed by atoms with Crippen molar-refractivity contribution in [3.63, 3.8) is 0 Å². The average molecular weight is 254 g/mol. The van der Waals surface area contributed by atoms with Gasteiger partial charge in [-0.2, -0.15) is 0 Å². The third kappa shape index (κ3) is 1.40. The molecule has 0 atom stereocenters. The lowest BCUT2D eigenvalue weighted by Gasteiger charge is -1.93. The Kier molecular flexibility index (Phi) is 2.48. The molecule has 3 nitrogen and oxygen atoms in total. The number of hydrogen-bond donors (Lipinski definition) is 3. The minimum absolute atomic E-state index is 0.630. The van der Waals surface area contributed by atoms with Crippen LogP contribution in [0.15, 0.2) is 22.7 Å². The molecule has 5 N–H and O–H groups in total. The SMILES string of the molecule is NCCc1[nH]c2c(N)cccc2c1Br. The van der Waals surface area contributed by atoms with Gasteiger partial charge in [0.1, 0.15) is 0 Å². The summed E-state index contributed by atoms with van der Waals surface area (Å²) in [5.41, 5.74) is 14.2. The fraction of sp³-hybridized carbons (Fsp3) is 0.200. The highest BCUT2D eigenvalue weighted by Crippen LogP contribution is 2.30. The summed E-state index contributed by atoms with van der Waals surface area (Å²) in [6, 6.07) is 5.87. The van der Waals surface area contributed by atoms with Crippen LogP contribution in [-0.4, -0.2) is 11.5 Å². The van der Waals surface area contributed by atoms with Gasteiger partial charge in [-0.15, -0.1) is 0 Å². The van der Waals surface area contributed by atoms with E-state index < -0.39 is 0 Å². The van der Waals surface area contributed by atoms with Crippen LogP contribution >= 0.6 is 15.9 Å². The summed E-state index contributed by atoms with van der Waals surface area (Å²) in [7, 11) is 0. The van der Waals surface area contributed by atoms with Crippen molar-refractivity contribution in [2.75, 3.05) is 12.3 Å². The number of rotatable bonds is 2. The maximum Gasteiger partial charge on any atom is 0.0701 e. The second-order valence-electron chi connectivity index (χ2n) is 3.23. The number of fused-ring (bicyclic) bond motifs is 1. The van der Waals surface area contributed by atoms with Gasteiger partial charge in [-0.05, 0) is 28.5 Å². The van der Waals surface area contributed by atoms with Gasteiger partial charge >= 0.3 is 0 Å². The van der Waals surface area contributed by atoms with Crippen LogP contribution in [0.4, 0.5) is 5.69 Å². The van der Waals surface area contributed by atoms with Crippen molar-refractivity contribution >= 4 is 32.5 Å². The molecule has 0 fully saturated rings. The second kappa shape index (κ2) is 3.63. The maximum atomic E-state index is 5.85. The number of nitrogens with one attached hydrogen (secondary N) is 1. The van der Waals surface area contributed by atoms with Gasteiger partial charge < -0.3 is 16.5 Å². The van der Waals surface area contributed by atoms with Crippen molar-refractivity contribution < 1.29 is 0 Å². The lowest BCUT2D eigenvalue weighted by molar-refractivity contribution is 0.934. The Balaban J connectivity index is 2.67. The molecule has 0 aliphatic heterocycles. The Morgan fingerprint density at radius 3 is 2.79 bits per heavy atom. The van der Waals surface area contributed by atoms with E-state index in [-0.39, 0.29) is 0 Å². The van der Waals surface area contributed by atoms with E-state index in [0.29, 0.717) is 6.54 Å². The van der Waals surface area contributed by atoms with Crippen LogP contribution in [0.1, 0.15) is 5.69 Å². The summed E-state index contributed by atoms with van der Waals surface area (Å²) >= 11 is 3.54. The zero-order chi connectivity index (χ0) is 10.1. The Bertz CT molecular complexity index is 462. The van der Waals surface area contributed by atoms with Crippen molar-refractivity contribution in [3.8, 4) is 0 Å². The summed E-state index contributed by atoms with van der Waals surface area (Å²) in [6.07, 6.45) is 0.828. The van der Waals surface area contributed by atoms with Crippen molar-refractivity contribution in [1.29, 1.82) is 0 Å². The Morgan fingerprint density at radius 1 is 1.36 bits per heavy atom. The quantitative estimate of drug-likeness (QED) is 0.717. The molecule has 1 aromatic heterocycles. The average Bonchev–Trinajstić information content (AvgIpc) is 2.48. The Hall–Kier alpha value is -1.00. The third-order valence-corrected chi connectivity index (χ3v) is 3.17. The topological polar surface area (TPSA) is 67.8 Å². The first-order valence-corrected chi connectivity index (χ1v) is 5.28. The molecule has 4 heteroatoms. The fourth-order valence-electron chi connectivity index (χ4n) is 1.58. The summed E-state index contributed by atoms with van der Waals surface area (Å²) < 4.78 is 1.07. The molecule has 1 aromatic carbocycles. The van der Waals surface area contributed by atoms with E-state index >= 15 is 0 Å². The van der Waals surface area contributed by atoms with Gasteiger partial charge in [-0.3, -0.25) is 0 Å². The summed E-state index contributed by atoms with van der Waals surface area (Å²) in [5, 5.41) is 1.12. The Labute approximate surface area is 90.6 Å². The standard InChI is InChI=1S/C10H12BrN3/c11-9-6-2-1-3-7(13)10(6)14-8(9)4-5-12/h1-3,14H,4-5,12-13H2. The van der Waals surface area contributed by atoms with E-state index in [1.807, 2.05) is 18.2 Å². The van der Waals surface area contributed by atoms with E-state index in [1.165, 1.54) is 0 Å². The molecule has 74 valence electrons. The van der Waals surface area contributed by atoms with E-state index in [1.54, 1.807) is 0 Å². The van der Waals surface area contributed by atoms with Gasteiger partial charge in [-0.25, -0.2) is 0 Å². The first kappa shape index (κ1) is 9.55. The molecule has 0 aliphatic rings. The molecule has 0 spiro atoms. The van der Waals surface area contributed by atoms with E-state index in [0.717, 1.165) is 33.2 Å². The fourth-order valence-corrected chi connectivity index (χ4v) is 2.21. The molecule has 0 bridgehead atoms. The molecule has 1 heterocycles. The molecule has 2 aromatic rings. The summed E-state index contributed by atoms with van der Waals surface area (Å²) in [4.78, 5) is 3.28. The van der Waals surface area contributed by atoms with Crippen LogP contribution in [0.5, 0.6) is 0 Å². The van der Waals surface area contributed by atoms with Crippen molar-refractivity contribution in [1.82, 2.24) is 4.98 Å². The molecule has 0 saturated carbocycles. The van der Waals surface area contributed by atoms with Gasteiger partial charge in [0.05, 0.1) is 11.2 Å². The third-order valence-electron chi connectivity index (χ3n) is 2.27. The smallest absolute Gasteiger partial charge is 0.0701 e. The van der Waals surface area contributed by atoms with Crippen LogP contribution in [0.3, 0.4) is 0 Å². The number of para-hydroxylation sites is 1. The number of aromatic nitrogens is 1. The lowest BCUT2D eigenvalue weighted by Crippen LogP contribution is -2.03. The minimum Gasteiger partial charge on any atom is -0.397 e. The molecule has 0 saturated heterocycles. The highest BCUT2D eigenvalue weighted by Gasteiger charge is 2.09. The first-order chi connectivity index (χ1) is 6.74. The number of hydrogen-bond acceptors (Lipinski definition) is 2. The maximum absolute atomic E-state index is 5.85. The van der Waals surface area contributed by atoms with Gasteiger partial charge in [0.15, 0.2) is 0 Å². The van der Waals surface area contributed by atoms with Crippen LogP contribution in [0.25, 0.3) is 10.9 Å². The van der Waals surface area contributed by atoms with Crippen LogP contribution in [0.2, 0.25) is 0 Å². The van der Waals surface area contributed by atoms with Crippen LogP contribution in [0, 0.1) is 0 Å². The summed E-state index contributed by atoms with van der Waals surface area (Å²) in [5.74, 6) is 0. The predicted molar refractivity (Wildman–Crippen MR) is 63.2 cm³/mol. The number of anilines is 1. The molecule has 0 radical (unpaired) electrons. The number of nitrogen functional groups attached to an aromatic ring is 1. The first-order valence-electron chi connectivity index (χ1n) is 4.48. The molecular formula is C10H12BrN3. The second-order valence-corrected chi connectivity index (χ2v) is 4.02. The van der Waals surface area contributed by atoms with Crippen molar-refractivity contribution in [2.45, 2.75) is 6.42 Å².